The van der Waals surface area contributed by atoms with Gasteiger partial charge >= 0.3 is 11.9 Å². The largest absolute Gasteiger partial charge is 0.463 e. The highest BCUT2D eigenvalue weighted by molar-refractivity contribution is 5.70. The van der Waals surface area contributed by atoms with E-state index in [1.54, 1.807) is 0 Å². The van der Waals surface area contributed by atoms with Crippen molar-refractivity contribution in [2.45, 2.75) is 104 Å². The minimum atomic E-state index is -1.79. The van der Waals surface area contributed by atoms with E-state index in [4.69, 9.17) is 14.6 Å². The van der Waals surface area contributed by atoms with Crippen LogP contribution in [0.15, 0.2) is 58.7 Å². The van der Waals surface area contributed by atoms with E-state index in [0.717, 1.165) is 11.1 Å². The highest BCUT2D eigenvalue weighted by Crippen LogP contribution is 2.40. The van der Waals surface area contributed by atoms with E-state index >= 15 is 0 Å². The Morgan fingerprint density at radius 2 is 1.54 bits per heavy atom. The molecule has 0 heterocycles. The van der Waals surface area contributed by atoms with Gasteiger partial charge in [0.2, 0.25) is 0 Å². The van der Waals surface area contributed by atoms with Gasteiger partial charge in [-0.05, 0) is 69.9 Å². The predicted octanol–water partition coefficient (Wildman–Crippen LogP) is 3.60. The van der Waals surface area contributed by atoms with E-state index in [-0.39, 0.29) is 30.8 Å². The minimum absolute atomic E-state index is 0.00118. The maximum Gasteiger partial charge on any atom is 0.306 e. The summed E-state index contributed by atoms with van der Waals surface area (Å²) in [5.74, 6) is -1.02. The van der Waals surface area contributed by atoms with Gasteiger partial charge in [-0.25, -0.2) is 0 Å². The standard InChI is InChI=1S/C32H50O9/c1-22(15-16-25-24(3)12-9-18-32(25,4)5)10-8-11-23(2)17-19-40-28(36)13-6-7-14-29(37)41-21-27(35)31(39)30(38)26(34)20-33/h8,10-11,15-17,26-27,30-31,33-35,38-39H,6-7,9,12-14,18-21H2,1-5H3/b11-8+,16-15+,22-10+,23-17+. The third-order valence-electron chi connectivity index (χ3n) is 7.18. The number of rotatable bonds is 17. The van der Waals surface area contributed by atoms with Crippen LogP contribution in [0, 0.1) is 5.41 Å². The van der Waals surface area contributed by atoms with Gasteiger partial charge in [0.05, 0.1) is 6.61 Å². The molecule has 9 heteroatoms. The Morgan fingerprint density at radius 1 is 0.927 bits per heavy atom. The van der Waals surface area contributed by atoms with Crippen LogP contribution in [0.5, 0.6) is 0 Å². The number of hydrogen-bond donors (Lipinski definition) is 5. The number of aliphatic hydroxyl groups excluding tert-OH is 5. The summed E-state index contributed by atoms with van der Waals surface area (Å²) < 4.78 is 10.1. The molecule has 0 saturated heterocycles. The molecule has 0 amide bonds. The second-order valence-corrected chi connectivity index (χ2v) is 11.4. The first-order chi connectivity index (χ1) is 19.3. The van der Waals surface area contributed by atoms with Crippen molar-refractivity contribution in [3.05, 3.63) is 58.7 Å². The molecule has 0 bridgehead atoms. The number of hydrogen-bond acceptors (Lipinski definition) is 9. The molecule has 0 aromatic rings. The fraction of sp³-hybridized carbons (Fsp3) is 0.625. The lowest BCUT2D eigenvalue weighted by atomic mass is 9.72. The van der Waals surface area contributed by atoms with Crippen molar-refractivity contribution < 1.29 is 44.6 Å². The summed E-state index contributed by atoms with van der Waals surface area (Å²) in [5.41, 5.74) is 5.24. The molecule has 232 valence electrons. The predicted molar refractivity (Wildman–Crippen MR) is 158 cm³/mol. The van der Waals surface area contributed by atoms with E-state index < -0.39 is 43.6 Å². The summed E-state index contributed by atoms with van der Waals surface area (Å²) in [7, 11) is 0. The summed E-state index contributed by atoms with van der Waals surface area (Å²) in [6, 6.07) is 0. The lowest BCUT2D eigenvalue weighted by molar-refractivity contribution is -0.156. The van der Waals surface area contributed by atoms with Crippen molar-refractivity contribution in [1.82, 2.24) is 0 Å². The van der Waals surface area contributed by atoms with E-state index in [0.29, 0.717) is 12.8 Å². The Bertz CT molecular complexity index is 987. The van der Waals surface area contributed by atoms with E-state index in [1.165, 1.54) is 30.4 Å². The van der Waals surface area contributed by atoms with E-state index in [9.17, 15) is 30.0 Å². The van der Waals surface area contributed by atoms with Crippen LogP contribution in [0.2, 0.25) is 0 Å². The van der Waals surface area contributed by atoms with Crippen molar-refractivity contribution in [2.24, 2.45) is 5.41 Å². The summed E-state index contributed by atoms with van der Waals surface area (Å²) in [6.45, 7) is 9.61. The smallest absolute Gasteiger partial charge is 0.306 e. The lowest BCUT2D eigenvalue weighted by Crippen LogP contribution is -2.47. The van der Waals surface area contributed by atoms with Crippen LogP contribution in [-0.2, 0) is 19.1 Å². The second kappa shape index (κ2) is 18.8. The van der Waals surface area contributed by atoms with Gasteiger partial charge in [-0.2, -0.15) is 0 Å². The van der Waals surface area contributed by atoms with Gasteiger partial charge in [0.25, 0.3) is 0 Å². The van der Waals surface area contributed by atoms with Gasteiger partial charge in [0.15, 0.2) is 0 Å². The molecule has 0 aliphatic heterocycles. The molecule has 0 radical (unpaired) electrons. The third kappa shape index (κ3) is 14.3. The van der Waals surface area contributed by atoms with E-state index in [1.807, 2.05) is 31.2 Å². The summed E-state index contributed by atoms with van der Waals surface area (Å²) in [5, 5.41) is 47.1. The Hall–Kier alpha value is -2.56. The molecule has 4 atom stereocenters. The number of carbonyl (C=O) groups excluding carboxylic acids is 2. The first-order valence-corrected chi connectivity index (χ1v) is 14.3. The molecule has 4 unspecified atom stereocenters. The average molecular weight is 579 g/mol. The minimum Gasteiger partial charge on any atom is -0.463 e. The Balaban J connectivity index is 2.30. The van der Waals surface area contributed by atoms with Crippen LogP contribution in [0.3, 0.4) is 0 Å². The molecule has 5 N–H and O–H groups in total. The van der Waals surface area contributed by atoms with Crippen LogP contribution < -0.4 is 0 Å². The van der Waals surface area contributed by atoms with Gasteiger partial charge in [-0.3, -0.25) is 9.59 Å². The van der Waals surface area contributed by atoms with Gasteiger partial charge in [0, 0.05) is 12.8 Å². The van der Waals surface area contributed by atoms with E-state index in [2.05, 4.69) is 39.8 Å². The number of esters is 2. The van der Waals surface area contributed by atoms with Gasteiger partial charge in [-0.1, -0.05) is 60.9 Å². The Kier molecular flexibility index (Phi) is 16.7. The number of carbonyl (C=O) groups is 2. The molecule has 9 nitrogen and oxygen atoms in total. The SMILES string of the molecule is CC1=C(/C=C/C(C)=C/C=C/C(C)=C/COC(=O)CCCCC(=O)OCC(O)C(O)C(O)C(O)CO)C(C)(C)CCC1. The average Bonchev–Trinajstić information content (AvgIpc) is 2.92. The molecule has 0 fully saturated rings. The van der Waals surface area contributed by atoms with Crippen molar-refractivity contribution >= 4 is 11.9 Å². The van der Waals surface area contributed by atoms with Crippen LogP contribution in [0.25, 0.3) is 0 Å². The molecule has 0 saturated carbocycles. The molecule has 1 aliphatic rings. The molecule has 0 aromatic heterocycles. The number of unbranched alkanes of at least 4 members (excludes halogenated alkanes) is 1. The first-order valence-electron chi connectivity index (χ1n) is 14.3. The van der Waals surface area contributed by atoms with Crippen LogP contribution in [0.1, 0.15) is 79.6 Å². The number of aliphatic hydroxyl groups is 5. The van der Waals surface area contributed by atoms with Gasteiger partial charge in [-0.15, -0.1) is 0 Å². The quantitative estimate of drug-likeness (QED) is 0.0989. The molecular formula is C32H50O9. The monoisotopic (exact) mass is 578 g/mol. The number of ether oxygens (including phenoxy) is 2. The zero-order chi connectivity index (χ0) is 31.0. The normalized spacial score (nSPS) is 19.4. The van der Waals surface area contributed by atoms with Crippen molar-refractivity contribution in [2.75, 3.05) is 19.8 Å². The first kappa shape index (κ1) is 36.5. The van der Waals surface area contributed by atoms with Crippen molar-refractivity contribution in [1.29, 1.82) is 0 Å². The lowest BCUT2D eigenvalue weighted by Gasteiger charge is -2.32. The van der Waals surface area contributed by atoms with Crippen molar-refractivity contribution in [3.8, 4) is 0 Å². The zero-order valence-corrected chi connectivity index (χ0v) is 25.2. The Morgan fingerprint density at radius 3 is 2.15 bits per heavy atom. The molecule has 0 spiro atoms. The van der Waals surface area contributed by atoms with Crippen LogP contribution in [0.4, 0.5) is 0 Å². The molecule has 0 aromatic carbocycles. The maximum absolute atomic E-state index is 11.9. The fourth-order valence-corrected chi connectivity index (χ4v) is 4.49. The van der Waals surface area contributed by atoms with Gasteiger partial charge in [0.1, 0.15) is 37.6 Å². The topological polar surface area (TPSA) is 154 Å². The second-order valence-electron chi connectivity index (χ2n) is 11.4. The molecule has 1 aliphatic carbocycles. The summed E-state index contributed by atoms with van der Waals surface area (Å²) in [4.78, 5) is 23.7. The molecular weight excluding hydrogens is 528 g/mol. The number of allylic oxidation sites excluding steroid dienone is 9. The highest BCUT2D eigenvalue weighted by atomic mass is 16.5. The van der Waals surface area contributed by atoms with Crippen molar-refractivity contribution in [3.63, 3.8) is 0 Å². The zero-order valence-electron chi connectivity index (χ0n) is 25.2. The van der Waals surface area contributed by atoms with Gasteiger partial charge < -0.3 is 35.0 Å². The summed E-state index contributed by atoms with van der Waals surface area (Å²) >= 11 is 0. The van der Waals surface area contributed by atoms with Crippen LogP contribution in [-0.4, -0.2) is 81.7 Å². The molecule has 41 heavy (non-hydrogen) atoms. The third-order valence-corrected chi connectivity index (χ3v) is 7.18. The Labute approximate surface area is 244 Å². The highest BCUT2D eigenvalue weighted by Gasteiger charge is 2.30. The molecule has 1 rings (SSSR count). The maximum atomic E-state index is 11.9. The van der Waals surface area contributed by atoms with Crippen LogP contribution >= 0.6 is 0 Å². The summed E-state index contributed by atoms with van der Waals surface area (Å²) in [6.07, 6.45) is 9.90. The fourth-order valence-electron chi connectivity index (χ4n) is 4.49.